The van der Waals surface area contributed by atoms with E-state index < -0.39 is 9.84 Å². The minimum atomic E-state index is -2.82. The van der Waals surface area contributed by atoms with Crippen LogP contribution in [0.25, 0.3) is 0 Å². The second-order valence-electron chi connectivity index (χ2n) is 5.18. The van der Waals surface area contributed by atoms with Gasteiger partial charge in [0, 0.05) is 13.1 Å². The van der Waals surface area contributed by atoms with Crippen LogP contribution in [0.5, 0.6) is 0 Å². The number of benzene rings is 1. The Morgan fingerprint density at radius 3 is 2.67 bits per heavy atom. The van der Waals surface area contributed by atoms with E-state index in [-0.39, 0.29) is 5.25 Å². The Morgan fingerprint density at radius 1 is 1.28 bits per heavy atom. The highest BCUT2D eigenvalue weighted by Crippen LogP contribution is 2.19. The van der Waals surface area contributed by atoms with Gasteiger partial charge in [0.15, 0.2) is 9.84 Å². The molecule has 1 aliphatic heterocycles. The molecule has 1 atom stereocenters. The first kappa shape index (κ1) is 13.6. The maximum atomic E-state index is 11.7. The topological polar surface area (TPSA) is 46.2 Å². The van der Waals surface area contributed by atoms with Gasteiger partial charge in [0.05, 0.1) is 11.0 Å². The van der Waals surface area contributed by atoms with Crippen LogP contribution in [-0.4, -0.2) is 26.0 Å². The molecule has 1 unspecified atom stereocenters. The lowest BCUT2D eigenvalue weighted by atomic mass is 10.1. The van der Waals surface area contributed by atoms with Gasteiger partial charge in [-0.05, 0) is 43.4 Å². The Morgan fingerprint density at radius 2 is 2.06 bits per heavy atom. The zero-order valence-electron chi connectivity index (χ0n) is 11.1. The fourth-order valence-corrected chi connectivity index (χ4v) is 4.18. The third-order valence-electron chi connectivity index (χ3n) is 3.74. The lowest BCUT2D eigenvalue weighted by molar-refractivity contribution is 0.574. The molecule has 100 valence electrons. The summed E-state index contributed by atoms with van der Waals surface area (Å²) in [6.45, 7) is 5.51. The summed E-state index contributed by atoms with van der Waals surface area (Å²) in [4.78, 5) is 0. The molecule has 1 aromatic rings. The van der Waals surface area contributed by atoms with Crippen LogP contribution in [0, 0.1) is 13.8 Å². The summed E-state index contributed by atoms with van der Waals surface area (Å²) in [6, 6.07) is 6.36. The molecule has 0 bridgehead atoms. The van der Waals surface area contributed by atoms with Crippen LogP contribution >= 0.6 is 0 Å². The lowest BCUT2D eigenvalue weighted by Gasteiger charge is -2.11. The van der Waals surface area contributed by atoms with Gasteiger partial charge in [-0.1, -0.05) is 18.2 Å². The van der Waals surface area contributed by atoms with E-state index in [0.717, 1.165) is 19.4 Å². The molecule has 0 amide bonds. The largest absolute Gasteiger partial charge is 0.311 e. The summed E-state index contributed by atoms with van der Waals surface area (Å²) in [6.07, 6.45) is 1.63. The summed E-state index contributed by atoms with van der Waals surface area (Å²) in [5.41, 5.74) is 3.79. The monoisotopic (exact) mass is 267 g/mol. The van der Waals surface area contributed by atoms with E-state index in [1.165, 1.54) is 16.7 Å². The van der Waals surface area contributed by atoms with Gasteiger partial charge >= 0.3 is 0 Å². The Labute approximate surface area is 110 Å². The minimum absolute atomic E-state index is 0.177. The van der Waals surface area contributed by atoms with Crippen LogP contribution in [-0.2, 0) is 16.4 Å². The average molecular weight is 267 g/mol. The number of hydrogen-bond donors (Lipinski definition) is 1. The van der Waals surface area contributed by atoms with Crippen molar-refractivity contribution in [2.24, 2.45) is 0 Å². The van der Waals surface area contributed by atoms with Crippen molar-refractivity contribution < 1.29 is 8.42 Å². The molecular weight excluding hydrogens is 246 g/mol. The van der Waals surface area contributed by atoms with Gasteiger partial charge in [-0.15, -0.1) is 0 Å². The van der Waals surface area contributed by atoms with Crippen molar-refractivity contribution >= 4 is 9.84 Å². The minimum Gasteiger partial charge on any atom is -0.311 e. The third kappa shape index (κ3) is 3.12. The Balaban J connectivity index is 1.87. The standard InChI is InChI=1S/C14H21NO2S/c1-11-5-6-13(8-12(11)2)9-15-10-14-4-3-7-18(14,16)17/h5-6,8,14-15H,3-4,7,9-10H2,1-2H3. The van der Waals surface area contributed by atoms with E-state index >= 15 is 0 Å². The van der Waals surface area contributed by atoms with Crippen LogP contribution in [0.4, 0.5) is 0 Å². The molecule has 0 radical (unpaired) electrons. The predicted molar refractivity (Wildman–Crippen MR) is 74.4 cm³/mol. The molecule has 3 nitrogen and oxygen atoms in total. The third-order valence-corrected chi connectivity index (χ3v) is 6.01. The second kappa shape index (κ2) is 5.41. The normalized spacial score (nSPS) is 22.2. The number of rotatable bonds is 4. The molecule has 1 saturated heterocycles. The van der Waals surface area contributed by atoms with Gasteiger partial charge in [0.1, 0.15) is 0 Å². The Hall–Kier alpha value is -0.870. The van der Waals surface area contributed by atoms with E-state index in [0.29, 0.717) is 12.3 Å². The lowest BCUT2D eigenvalue weighted by Crippen LogP contribution is -2.30. The molecule has 0 aromatic heterocycles. The second-order valence-corrected chi connectivity index (χ2v) is 7.58. The van der Waals surface area contributed by atoms with E-state index in [1.54, 1.807) is 0 Å². The highest BCUT2D eigenvalue weighted by atomic mass is 32.2. The van der Waals surface area contributed by atoms with Crippen molar-refractivity contribution in [1.29, 1.82) is 0 Å². The molecule has 0 aliphatic carbocycles. The summed E-state index contributed by atoms with van der Waals surface area (Å²) in [5.74, 6) is 0.364. The van der Waals surface area contributed by atoms with E-state index in [1.807, 2.05) is 0 Å². The first-order chi connectivity index (χ1) is 8.49. The van der Waals surface area contributed by atoms with Crippen molar-refractivity contribution in [3.05, 3.63) is 34.9 Å². The van der Waals surface area contributed by atoms with Crippen molar-refractivity contribution in [2.75, 3.05) is 12.3 Å². The van der Waals surface area contributed by atoms with Crippen LogP contribution in [0.3, 0.4) is 0 Å². The number of hydrogen-bond acceptors (Lipinski definition) is 3. The van der Waals surface area contributed by atoms with E-state index in [4.69, 9.17) is 0 Å². The molecule has 2 rings (SSSR count). The Kier molecular flexibility index (Phi) is 4.07. The molecule has 1 aliphatic rings. The quantitative estimate of drug-likeness (QED) is 0.907. The number of sulfone groups is 1. The number of aryl methyl sites for hydroxylation is 2. The predicted octanol–water partition coefficient (Wildman–Crippen LogP) is 1.97. The van der Waals surface area contributed by atoms with Gasteiger partial charge in [-0.3, -0.25) is 0 Å². The molecule has 0 saturated carbocycles. The maximum absolute atomic E-state index is 11.7. The summed E-state index contributed by atoms with van der Waals surface area (Å²) < 4.78 is 23.3. The molecule has 0 spiro atoms. The van der Waals surface area contributed by atoms with Crippen LogP contribution in [0.1, 0.15) is 29.5 Å². The maximum Gasteiger partial charge on any atom is 0.154 e. The van der Waals surface area contributed by atoms with E-state index in [2.05, 4.69) is 37.4 Å². The fourth-order valence-electron chi connectivity index (χ4n) is 2.38. The molecule has 1 aromatic carbocycles. The van der Waals surface area contributed by atoms with Gasteiger partial charge in [-0.25, -0.2) is 8.42 Å². The van der Waals surface area contributed by atoms with Gasteiger partial charge in [0.2, 0.25) is 0 Å². The Bertz CT molecular complexity index is 523. The molecule has 4 heteroatoms. The average Bonchev–Trinajstić information content (AvgIpc) is 2.63. The molecule has 1 N–H and O–H groups in total. The van der Waals surface area contributed by atoms with Crippen molar-refractivity contribution in [3.8, 4) is 0 Å². The summed E-state index contributed by atoms with van der Waals surface area (Å²) in [7, 11) is -2.82. The molecule has 1 heterocycles. The van der Waals surface area contributed by atoms with E-state index in [9.17, 15) is 8.42 Å². The van der Waals surface area contributed by atoms with Crippen LogP contribution in [0.2, 0.25) is 0 Å². The van der Waals surface area contributed by atoms with Gasteiger partial charge in [0.25, 0.3) is 0 Å². The zero-order chi connectivity index (χ0) is 13.2. The first-order valence-corrected chi connectivity index (χ1v) is 8.19. The molecule has 1 fully saturated rings. The fraction of sp³-hybridized carbons (Fsp3) is 0.571. The summed E-state index contributed by atoms with van der Waals surface area (Å²) in [5, 5.41) is 3.09. The zero-order valence-corrected chi connectivity index (χ0v) is 11.9. The highest BCUT2D eigenvalue weighted by molar-refractivity contribution is 7.92. The van der Waals surface area contributed by atoms with Crippen molar-refractivity contribution in [2.45, 2.75) is 38.5 Å². The van der Waals surface area contributed by atoms with Crippen molar-refractivity contribution in [1.82, 2.24) is 5.32 Å². The van der Waals surface area contributed by atoms with Crippen LogP contribution < -0.4 is 5.32 Å². The van der Waals surface area contributed by atoms with Gasteiger partial charge in [-0.2, -0.15) is 0 Å². The SMILES string of the molecule is Cc1ccc(CNCC2CCCS2(=O)=O)cc1C. The van der Waals surface area contributed by atoms with Crippen LogP contribution in [0.15, 0.2) is 18.2 Å². The summed E-state index contributed by atoms with van der Waals surface area (Å²) >= 11 is 0. The van der Waals surface area contributed by atoms with Crippen molar-refractivity contribution in [3.63, 3.8) is 0 Å². The highest BCUT2D eigenvalue weighted by Gasteiger charge is 2.30. The molecule has 18 heavy (non-hydrogen) atoms. The molecular formula is C14H21NO2S. The number of nitrogens with one attached hydrogen (secondary N) is 1. The first-order valence-electron chi connectivity index (χ1n) is 6.47. The smallest absolute Gasteiger partial charge is 0.154 e. The van der Waals surface area contributed by atoms with Gasteiger partial charge < -0.3 is 5.32 Å².